The lowest BCUT2D eigenvalue weighted by atomic mass is 10.1. The predicted octanol–water partition coefficient (Wildman–Crippen LogP) is 1.75. The van der Waals surface area contributed by atoms with Crippen LogP contribution >= 0.6 is 0 Å². The summed E-state index contributed by atoms with van der Waals surface area (Å²) in [4.78, 5) is 49.8. The average molecular weight is 438 g/mol. The summed E-state index contributed by atoms with van der Waals surface area (Å²) in [5, 5.41) is 22.2. The number of rotatable bonds is 5. The number of amides is 1. The molecular formula is C19H18N8O5. The molecule has 0 bridgehead atoms. The number of aromatic nitrogens is 4. The Hall–Kier alpha value is -4.42. The van der Waals surface area contributed by atoms with Gasteiger partial charge in [-0.05, 0) is 6.92 Å². The van der Waals surface area contributed by atoms with E-state index in [1.54, 1.807) is 12.4 Å². The van der Waals surface area contributed by atoms with Crippen molar-refractivity contribution in [3.8, 4) is 5.82 Å². The maximum atomic E-state index is 12.9. The second-order valence-electron chi connectivity index (χ2n) is 7.11. The van der Waals surface area contributed by atoms with Gasteiger partial charge in [0.05, 0.1) is 21.5 Å². The number of nitrogens with zero attached hydrogens (tertiary/aromatic N) is 8. The molecule has 13 heteroatoms. The normalized spacial score (nSPS) is 13.8. The molecular weight excluding hydrogens is 420 g/mol. The lowest BCUT2D eigenvalue weighted by Crippen LogP contribution is -2.49. The predicted molar refractivity (Wildman–Crippen MR) is 112 cm³/mol. The van der Waals surface area contributed by atoms with E-state index >= 15 is 0 Å². The van der Waals surface area contributed by atoms with E-state index in [2.05, 4.69) is 15.0 Å². The van der Waals surface area contributed by atoms with Gasteiger partial charge in [0.2, 0.25) is 0 Å². The Bertz CT molecular complexity index is 1170. The first-order valence-electron chi connectivity index (χ1n) is 9.64. The quantitative estimate of drug-likeness (QED) is 0.428. The van der Waals surface area contributed by atoms with E-state index in [1.165, 1.54) is 11.2 Å². The molecule has 1 amide bonds. The molecule has 0 spiro atoms. The Balaban J connectivity index is 1.49. The fourth-order valence-corrected chi connectivity index (χ4v) is 3.51. The van der Waals surface area contributed by atoms with E-state index in [9.17, 15) is 25.0 Å². The molecule has 0 N–H and O–H groups in total. The summed E-state index contributed by atoms with van der Waals surface area (Å²) in [6.07, 6.45) is 4.94. The van der Waals surface area contributed by atoms with Gasteiger partial charge in [-0.15, -0.1) is 0 Å². The van der Waals surface area contributed by atoms with E-state index in [-0.39, 0.29) is 5.56 Å². The maximum absolute atomic E-state index is 12.9. The molecule has 1 aliphatic rings. The van der Waals surface area contributed by atoms with Gasteiger partial charge in [-0.2, -0.15) is 0 Å². The van der Waals surface area contributed by atoms with Crippen LogP contribution in [0.5, 0.6) is 0 Å². The molecule has 3 heterocycles. The zero-order chi connectivity index (χ0) is 22.8. The highest BCUT2D eigenvalue weighted by atomic mass is 16.6. The molecule has 0 radical (unpaired) electrons. The van der Waals surface area contributed by atoms with Crippen LogP contribution < -0.4 is 4.90 Å². The highest BCUT2D eigenvalue weighted by Crippen LogP contribution is 2.24. The summed E-state index contributed by atoms with van der Waals surface area (Å²) in [6, 6.07) is 4.79. The summed E-state index contributed by atoms with van der Waals surface area (Å²) < 4.78 is 1.83. The third-order valence-corrected chi connectivity index (χ3v) is 5.17. The maximum Gasteiger partial charge on any atom is 0.277 e. The first-order valence-corrected chi connectivity index (χ1v) is 9.64. The zero-order valence-corrected chi connectivity index (χ0v) is 17.0. The van der Waals surface area contributed by atoms with Crippen LogP contribution in [0.15, 0.2) is 43.0 Å². The first-order chi connectivity index (χ1) is 15.3. The van der Waals surface area contributed by atoms with Crippen LogP contribution in [0.1, 0.15) is 16.2 Å². The van der Waals surface area contributed by atoms with Crippen LogP contribution in [0.2, 0.25) is 0 Å². The van der Waals surface area contributed by atoms with Crippen LogP contribution in [-0.2, 0) is 0 Å². The second kappa shape index (κ2) is 8.37. The van der Waals surface area contributed by atoms with E-state index in [0.29, 0.717) is 37.8 Å². The molecule has 0 saturated carbocycles. The minimum Gasteiger partial charge on any atom is -0.353 e. The van der Waals surface area contributed by atoms with Crippen molar-refractivity contribution in [2.75, 3.05) is 31.1 Å². The molecule has 1 saturated heterocycles. The Morgan fingerprint density at radius 2 is 1.53 bits per heavy atom. The number of hydrogen-bond donors (Lipinski definition) is 0. The summed E-state index contributed by atoms with van der Waals surface area (Å²) in [7, 11) is 0. The number of piperazine rings is 1. The van der Waals surface area contributed by atoms with E-state index in [0.717, 1.165) is 24.0 Å². The highest BCUT2D eigenvalue weighted by molar-refractivity contribution is 5.95. The van der Waals surface area contributed by atoms with Gasteiger partial charge in [-0.3, -0.25) is 29.6 Å². The molecule has 0 atom stereocenters. The lowest BCUT2D eigenvalue weighted by molar-refractivity contribution is -0.394. The Morgan fingerprint density at radius 3 is 2.09 bits per heavy atom. The molecule has 0 unspecified atom stereocenters. The van der Waals surface area contributed by atoms with Crippen LogP contribution in [-0.4, -0.2) is 66.4 Å². The zero-order valence-electron chi connectivity index (χ0n) is 17.0. The van der Waals surface area contributed by atoms with Crippen LogP contribution in [0.25, 0.3) is 5.82 Å². The lowest BCUT2D eigenvalue weighted by Gasteiger charge is -2.35. The largest absolute Gasteiger partial charge is 0.353 e. The van der Waals surface area contributed by atoms with Gasteiger partial charge < -0.3 is 9.80 Å². The van der Waals surface area contributed by atoms with Crippen molar-refractivity contribution in [2.45, 2.75) is 6.92 Å². The van der Waals surface area contributed by atoms with Crippen molar-refractivity contribution in [2.24, 2.45) is 0 Å². The number of aryl methyl sites for hydroxylation is 1. The standard InChI is InChI=1S/C19H18N8O5/c1-13-20-2-3-25(13)18-11-17(21-12-22-18)23-4-6-24(7-5-23)19(28)14-8-15(26(29)30)10-16(9-14)27(31)32/h2-3,8-12H,4-7H2,1H3. The van der Waals surface area contributed by atoms with Crippen molar-refractivity contribution >= 4 is 23.1 Å². The summed E-state index contributed by atoms with van der Waals surface area (Å²) in [5.74, 6) is 1.67. The van der Waals surface area contributed by atoms with Crippen molar-refractivity contribution < 1.29 is 14.6 Å². The molecule has 32 heavy (non-hydrogen) atoms. The Labute approximate surface area is 181 Å². The topological polar surface area (TPSA) is 153 Å². The van der Waals surface area contributed by atoms with Crippen LogP contribution in [0.4, 0.5) is 17.2 Å². The van der Waals surface area contributed by atoms with Gasteiger partial charge in [-0.1, -0.05) is 0 Å². The number of imidazole rings is 1. The van der Waals surface area contributed by atoms with Gasteiger partial charge in [-0.25, -0.2) is 15.0 Å². The number of carbonyl (C=O) groups is 1. The minimum absolute atomic E-state index is 0.0840. The molecule has 13 nitrogen and oxygen atoms in total. The minimum atomic E-state index is -0.754. The molecule has 164 valence electrons. The molecule has 2 aromatic heterocycles. The SMILES string of the molecule is Cc1nccn1-c1cc(N2CCN(C(=O)c3cc([N+](=O)[O-])cc([N+](=O)[O-])c3)CC2)ncn1. The number of carbonyl (C=O) groups excluding carboxylic acids is 1. The second-order valence-corrected chi connectivity index (χ2v) is 7.11. The molecule has 3 aromatic rings. The van der Waals surface area contributed by atoms with Crippen molar-refractivity contribution in [3.63, 3.8) is 0 Å². The summed E-state index contributed by atoms with van der Waals surface area (Å²) >= 11 is 0. The first kappa shape index (κ1) is 20.8. The number of nitro groups is 2. The van der Waals surface area contributed by atoms with Gasteiger partial charge in [0.15, 0.2) is 0 Å². The fraction of sp³-hybridized carbons (Fsp3) is 0.263. The number of anilines is 1. The van der Waals surface area contributed by atoms with Crippen molar-refractivity contribution in [3.05, 3.63) is 74.6 Å². The van der Waals surface area contributed by atoms with E-state index in [4.69, 9.17) is 0 Å². The smallest absolute Gasteiger partial charge is 0.277 e. The van der Waals surface area contributed by atoms with Gasteiger partial charge in [0, 0.05) is 56.8 Å². The number of non-ortho nitro benzene ring substituents is 2. The molecule has 4 rings (SSSR count). The number of benzene rings is 1. The number of nitro benzene ring substituents is 2. The van der Waals surface area contributed by atoms with E-state index < -0.39 is 27.1 Å². The van der Waals surface area contributed by atoms with Crippen molar-refractivity contribution in [1.29, 1.82) is 0 Å². The molecule has 1 aromatic carbocycles. The third kappa shape index (κ3) is 4.08. The third-order valence-electron chi connectivity index (χ3n) is 5.17. The van der Waals surface area contributed by atoms with Crippen LogP contribution in [0, 0.1) is 27.2 Å². The number of hydrogen-bond acceptors (Lipinski definition) is 9. The van der Waals surface area contributed by atoms with Gasteiger partial charge in [0.25, 0.3) is 17.3 Å². The molecule has 1 aliphatic heterocycles. The van der Waals surface area contributed by atoms with Gasteiger partial charge in [0.1, 0.15) is 23.8 Å². The molecule has 1 fully saturated rings. The Kier molecular flexibility index (Phi) is 5.45. The average Bonchev–Trinajstić information content (AvgIpc) is 3.24. The van der Waals surface area contributed by atoms with Crippen LogP contribution in [0.3, 0.4) is 0 Å². The Morgan fingerprint density at radius 1 is 0.906 bits per heavy atom. The fourth-order valence-electron chi connectivity index (χ4n) is 3.51. The summed E-state index contributed by atoms with van der Waals surface area (Å²) in [5.41, 5.74) is -1.08. The molecule has 0 aliphatic carbocycles. The highest BCUT2D eigenvalue weighted by Gasteiger charge is 2.26. The van der Waals surface area contributed by atoms with Crippen molar-refractivity contribution in [1.82, 2.24) is 24.4 Å². The summed E-state index contributed by atoms with van der Waals surface area (Å²) in [6.45, 7) is 3.48. The van der Waals surface area contributed by atoms with E-state index in [1.807, 2.05) is 22.5 Å². The van der Waals surface area contributed by atoms with Gasteiger partial charge >= 0.3 is 0 Å². The monoisotopic (exact) mass is 438 g/mol.